The van der Waals surface area contributed by atoms with Crippen molar-refractivity contribution in [1.29, 1.82) is 0 Å². The molecule has 26 heavy (non-hydrogen) atoms. The highest BCUT2D eigenvalue weighted by molar-refractivity contribution is 5.79. The quantitative estimate of drug-likeness (QED) is 0.530. The summed E-state index contributed by atoms with van der Waals surface area (Å²) in [6.45, 7) is 8.47. The number of fused-ring (bicyclic) bond motifs is 1. The molecule has 0 amide bonds. The van der Waals surface area contributed by atoms with Crippen molar-refractivity contribution in [3.63, 3.8) is 0 Å². The summed E-state index contributed by atoms with van der Waals surface area (Å²) < 4.78 is 1.96. The van der Waals surface area contributed by atoms with Gasteiger partial charge in [0.25, 0.3) is 0 Å². The predicted octanol–water partition coefficient (Wildman–Crippen LogP) is 2.64. The first-order chi connectivity index (χ1) is 12.7. The van der Waals surface area contributed by atoms with E-state index < -0.39 is 0 Å². The van der Waals surface area contributed by atoms with Crippen molar-refractivity contribution in [3.05, 3.63) is 65.1 Å². The normalized spacial score (nSPS) is 11.7. The van der Waals surface area contributed by atoms with E-state index in [1.54, 1.807) is 0 Å². The highest BCUT2D eigenvalue weighted by Crippen LogP contribution is 2.10. The molecule has 3 aromatic rings. The SMILES string of the molecule is CCNC(=NCc1nnc2ccccn12)NCCc1ccc(C)cc1C. The van der Waals surface area contributed by atoms with Crippen LogP contribution in [0.1, 0.15) is 29.4 Å². The highest BCUT2D eigenvalue weighted by atomic mass is 15.3. The summed E-state index contributed by atoms with van der Waals surface area (Å²) in [5.74, 6) is 1.62. The Kier molecular flexibility index (Phi) is 5.84. The van der Waals surface area contributed by atoms with Crippen LogP contribution in [0, 0.1) is 13.8 Å². The summed E-state index contributed by atoms with van der Waals surface area (Å²) in [6.07, 6.45) is 2.92. The lowest BCUT2D eigenvalue weighted by Crippen LogP contribution is -2.38. The molecule has 0 aliphatic carbocycles. The smallest absolute Gasteiger partial charge is 0.191 e. The molecule has 0 aliphatic rings. The molecule has 0 spiro atoms. The van der Waals surface area contributed by atoms with Crippen molar-refractivity contribution in [1.82, 2.24) is 25.2 Å². The van der Waals surface area contributed by atoms with Crippen LogP contribution < -0.4 is 10.6 Å². The Bertz CT molecular complexity index is 896. The molecular formula is C20H26N6. The fraction of sp³-hybridized carbons (Fsp3) is 0.350. The maximum atomic E-state index is 4.64. The van der Waals surface area contributed by atoms with Gasteiger partial charge in [-0.3, -0.25) is 4.40 Å². The summed E-state index contributed by atoms with van der Waals surface area (Å²) in [7, 11) is 0. The van der Waals surface area contributed by atoms with Gasteiger partial charge in [0, 0.05) is 19.3 Å². The number of benzene rings is 1. The molecule has 3 rings (SSSR count). The number of aromatic nitrogens is 3. The number of nitrogens with one attached hydrogen (secondary N) is 2. The van der Waals surface area contributed by atoms with E-state index >= 15 is 0 Å². The lowest BCUT2D eigenvalue weighted by Gasteiger charge is -2.12. The molecule has 0 aliphatic heterocycles. The van der Waals surface area contributed by atoms with Gasteiger partial charge in [0.2, 0.25) is 0 Å². The molecule has 2 heterocycles. The summed E-state index contributed by atoms with van der Waals surface area (Å²) in [5.41, 5.74) is 4.84. The Morgan fingerprint density at radius 1 is 1.12 bits per heavy atom. The zero-order valence-corrected chi connectivity index (χ0v) is 15.7. The van der Waals surface area contributed by atoms with Crippen molar-refractivity contribution >= 4 is 11.6 Å². The third-order valence-electron chi connectivity index (χ3n) is 4.29. The summed E-state index contributed by atoms with van der Waals surface area (Å²) in [6, 6.07) is 12.5. The molecule has 136 valence electrons. The van der Waals surface area contributed by atoms with Gasteiger partial charge in [-0.25, -0.2) is 4.99 Å². The predicted molar refractivity (Wildman–Crippen MR) is 105 cm³/mol. The van der Waals surface area contributed by atoms with E-state index in [4.69, 9.17) is 0 Å². The number of hydrogen-bond donors (Lipinski definition) is 2. The molecule has 6 heteroatoms. The van der Waals surface area contributed by atoms with Crippen LogP contribution in [0.4, 0.5) is 0 Å². The fourth-order valence-corrected chi connectivity index (χ4v) is 2.93. The van der Waals surface area contributed by atoms with E-state index in [9.17, 15) is 0 Å². The minimum atomic E-state index is 0.476. The van der Waals surface area contributed by atoms with E-state index in [2.05, 4.69) is 64.8 Å². The second kappa shape index (κ2) is 8.47. The zero-order chi connectivity index (χ0) is 18.4. The number of nitrogens with zero attached hydrogens (tertiary/aromatic N) is 4. The topological polar surface area (TPSA) is 66.6 Å². The molecule has 2 N–H and O–H groups in total. The largest absolute Gasteiger partial charge is 0.357 e. The Morgan fingerprint density at radius 3 is 2.81 bits per heavy atom. The third-order valence-corrected chi connectivity index (χ3v) is 4.29. The minimum Gasteiger partial charge on any atom is -0.357 e. The van der Waals surface area contributed by atoms with Crippen LogP contribution in [0.25, 0.3) is 5.65 Å². The van der Waals surface area contributed by atoms with Crippen LogP contribution in [0.2, 0.25) is 0 Å². The summed E-state index contributed by atoms with van der Waals surface area (Å²) in [5, 5.41) is 15.1. The first-order valence-electron chi connectivity index (χ1n) is 9.04. The van der Waals surface area contributed by atoms with Crippen molar-refractivity contribution in [2.45, 2.75) is 33.7 Å². The fourth-order valence-electron chi connectivity index (χ4n) is 2.93. The number of aliphatic imine (C=N–C) groups is 1. The molecule has 0 fully saturated rings. The number of hydrogen-bond acceptors (Lipinski definition) is 3. The van der Waals surface area contributed by atoms with Crippen molar-refractivity contribution in [3.8, 4) is 0 Å². The number of aryl methyl sites for hydroxylation is 2. The second-order valence-corrected chi connectivity index (χ2v) is 6.35. The molecule has 0 bridgehead atoms. The van der Waals surface area contributed by atoms with Crippen LogP contribution in [0.3, 0.4) is 0 Å². The molecule has 0 atom stereocenters. The summed E-state index contributed by atoms with van der Waals surface area (Å²) in [4.78, 5) is 4.64. The van der Waals surface area contributed by atoms with Gasteiger partial charge in [-0.1, -0.05) is 29.8 Å². The minimum absolute atomic E-state index is 0.476. The maximum absolute atomic E-state index is 4.64. The molecular weight excluding hydrogens is 324 g/mol. The van der Waals surface area contributed by atoms with E-state index in [0.29, 0.717) is 6.54 Å². The molecule has 1 aromatic carbocycles. The van der Waals surface area contributed by atoms with Gasteiger partial charge in [0.1, 0.15) is 6.54 Å². The average molecular weight is 350 g/mol. The van der Waals surface area contributed by atoms with Gasteiger partial charge < -0.3 is 10.6 Å². The zero-order valence-electron chi connectivity index (χ0n) is 15.7. The first kappa shape index (κ1) is 17.9. The number of guanidine groups is 1. The molecule has 0 saturated carbocycles. The second-order valence-electron chi connectivity index (χ2n) is 6.35. The van der Waals surface area contributed by atoms with Crippen LogP contribution in [-0.2, 0) is 13.0 Å². The van der Waals surface area contributed by atoms with Crippen molar-refractivity contribution in [2.24, 2.45) is 4.99 Å². The summed E-state index contributed by atoms with van der Waals surface area (Å²) >= 11 is 0. The Morgan fingerprint density at radius 2 is 2.00 bits per heavy atom. The van der Waals surface area contributed by atoms with E-state index in [1.807, 2.05) is 28.8 Å². The van der Waals surface area contributed by atoms with Gasteiger partial charge in [-0.05, 0) is 50.5 Å². The van der Waals surface area contributed by atoms with Crippen LogP contribution in [0.15, 0.2) is 47.6 Å². The third kappa shape index (κ3) is 4.39. The molecule has 2 aromatic heterocycles. The number of rotatable bonds is 6. The van der Waals surface area contributed by atoms with E-state index in [-0.39, 0.29) is 0 Å². The van der Waals surface area contributed by atoms with Gasteiger partial charge in [-0.2, -0.15) is 0 Å². The monoisotopic (exact) mass is 350 g/mol. The van der Waals surface area contributed by atoms with Gasteiger partial charge in [0.15, 0.2) is 17.4 Å². The maximum Gasteiger partial charge on any atom is 0.191 e. The molecule has 0 saturated heterocycles. The highest BCUT2D eigenvalue weighted by Gasteiger charge is 2.05. The Labute approximate surface area is 154 Å². The van der Waals surface area contributed by atoms with Crippen molar-refractivity contribution in [2.75, 3.05) is 13.1 Å². The van der Waals surface area contributed by atoms with Gasteiger partial charge in [0.05, 0.1) is 0 Å². The molecule has 6 nitrogen and oxygen atoms in total. The lowest BCUT2D eigenvalue weighted by atomic mass is 10.0. The standard InChI is InChI=1S/C20H26N6/c1-4-21-20(22-11-10-17-9-8-15(2)13-16(17)3)23-14-19-25-24-18-7-5-6-12-26(18)19/h5-9,12-13H,4,10-11,14H2,1-3H3,(H2,21,22,23). The molecule has 0 radical (unpaired) electrons. The van der Waals surface area contributed by atoms with Crippen LogP contribution >= 0.6 is 0 Å². The molecule has 0 unspecified atom stereocenters. The number of pyridine rings is 1. The van der Waals surface area contributed by atoms with Crippen LogP contribution in [-0.4, -0.2) is 33.6 Å². The van der Waals surface area contributed by atoms with Crippen LogP contribution in [0.5, 0.6) is 0 Å². The van der Waals surface area contributed by atoms with E-state index in [0.717, 1.165) is 36.9 Å². The van der Waals surface area contributed by atoms with E-state index in [1.165, 1.54) is 16.7 Å². The van der Waals surface area contributed by atoms with Gasteiger partial charge >= 0.3 is 0 Å². The van der Waals surface area contributed by atoms with Gasteiger partial charge in [-0.15, -0.1) is 10.2 Å². The average Bonchev–Trinajstić information content (AvgIpc) is 3.05. The first-order valence-corrected chi connectivity index (χ1v) is 9.04. The van der Waals surface area contributed by atoms with Crippen molar-refractivity contribution < 1.29 is 0 Å². The Balaban J connectivity index is 1.62. The Hall–Kier alpha value is -2.89. The lowest BCUT2D eigenvalue weighted by molar-refractivity contribution is 0.786.